The van der Waals surface area contributed by atoms with Crippen LogP contribution in [0.15, 0.2) is 6.07 Å². The number of hydrogen-bond acceptors (Lipinski definition) is 5. The van der Waals surface area contributed by atoms with Crippen LogP contribution in [0.25, 0.3) is 0 Å². The van der Waals surface area contributed by atoms with Crippen molar-refractivity contribution < 1.29 is 19.1 Å². The van der Waals surface area contributed by atoms with Crippen LogP contribution in [0.4, 0.5) is 0 Å². The second-order valence-electron chi connectivity index (χ2n) is 7.62. The van der Waals surface area contributed by atoms with Gasteiger partial charge in [-0.05, 0) is 46.1 Å². The minimum Gasteiger partial charge on any atom is -0.451 e. The Balaban J connectivity index is 2.07. The van der Waals surface area contributed by atoms with Crippen molar-refractivity contribution in [3.8, 4) is 0 Å². The molecule has 0 N–H and O–H groups in total. The zero-order chi connectivity index (χ0) is 21.2. The Morgan fingerprint density at radius 2 is 1.75 bits per heavy atom. The van der Waals surface area contributed by atoms with E-state index >= 15 is 0 Å². The van der Waals surface area contributed by atoms with Crippen LogP contribution in [0.3, 0.4) is 0 Å². The Labute approximate surface area is 165 Å². The van der Waals surface area contributed by atoms with Gasteiger partial charge in [-0.15, -0.1) is 0 Å². The summed E-state index contributed by atoms with van der Waals surface area (Å²) in [5.74, 6) is -1.57. The molecular formula is C21H29N3O4. The van der Waals surface area contributed by atoms with Gasteiger partial charge in [0.05, 0.1) is 11.3 Å². The Bertz CT molecular complexity index is 919. The summed E-state index contributed by atoms with van der Waals surface area (Å²) in [6.45, 7) is 11.9. The molecular weight excluding hydrogens is 358 g/mol. The van der Waals surface area contributed by atoms with Crippen LogP contribution in [-0.2, 0) is 23.1 Å². The molecule has 0 saturated heterocycles. The first-order valence-electron chi connectivity index (χ1n) is 9.46. The summed E-state index contributed by atoms with van der Waals surface area (Å²) in [6.07, 6.45) is 1.01. The SMILES string of the molecule is Cc1nn(C)c(C)c1C(=O)C(=O)OCC(=O)c1cc(C)n(CCC(C)C)c1C. The van der Waals surface area contributed by atoms with Gasteiger partial charge in [0.1, 0.15) is 0 Å². The highest BCUT2D eigenvalue weighted by molar-refractivity contribution is 6.41. The molecule has 0 spiro atoms. The zero-order valence-electron chi connectivity index (χ0n) is 17.8. The Hall–Kier alpha value is -2.70. The predicted molar refractivity (Wildman–Crippen MR) is 106 cm³/mol. The molecule has 2 heterocycles. The third-order valence-corrected chi connectivity index (χ3v) is 5.06. The topological polar surface area (TPSA) is 83.2 Å². The first-order chi connectivity index (χ1) is 13.0. The van der Waals surface area contributed by atoms with Gasteiger partial charge in [-0.1, -0.05) is 13.8 Å². The minimum atomic E-state index is -1.04. The van der Waals surface area contributed by atoms with Gasteiger partial charge in [0, 0.05) is 36.2 Å². The molecule has 0 aliphatic rings. The van der Waals surface area contributed by atoms with Crippen molar-refractivity contribution >= 4 is 17.5 Å². The fourth-order valence-corrected chi connectivity index (χ4v) is 3.29. The van der Waals surface area contributed by atoms with Crippen LogP contribution in [-0.4, -0.2) is 38.5 Å². The number of ketones is 2. The van der Waals surface area contributed by atoms with E-state index in [4.69, 9.17) is 4.74 Å². The Morgan fingerprint density at radius 1 is 1.11 bits per heavy atom. The number of carbonyl (C=O) groups excluding carboxylic acids is 3. The van der Waals surface area contributed by atoms with E-state index in [1.54, 1.807) is 20.9 Å². The molecule has 2 aromatic rings. The first kappa shape index (κ1) is 21.6. The fraction of sp³-hybridized carbons (Fsp3) is 0.524. The molecule has 0 aliphatic heterocycles. The number of nitrogens with zero attached hydrogens (tertiary/aromatic N) is 3. The molecule has 28 heavy (non-hydrogen) atoms. The van der Waals surface area contributed by atoms with Crippen molar-refractivity contribution in [2.24, 2.45) is 13.0 Å². The van der Waals surface area contributed by atoms with Gasteiger partial charge in [-0.2, -0.15) is 5.10 Å². The van der Waals surface area contributed by atoms with Crippen LogP contribution < -0.4 is 0 Å². The maximum Gasteiger partial charge on any atom is 0.380 e. The van der Waals surface area contributed by atoms with Crippen molar-refractivity contribution in [1.82, 2.24) is 14.3 Å². The maximum atomic E-state index is 12.6. The van der Waals surface area contributed by atoms with E-state index in [0.29, 0.717) is 22.9 Å². The number of Topliss-reactive ketones (excluding diaryl/α,β-unsaturated/α-hetero) is 2. The van der Waals surface area contributed by atoms with E-state index < -0.39 is 18.4 Å². The molecule has 2 rings (SSSR count). The number of ether oxygens (including phenoxy) is 1. The van der Waals surface area contributed by atoms with Gasteiger partial charge < -0.3 is 9.30 Å². The normalized spacial score (nSPS) is 11.1. The lowest BCUT2D eigenvalue weighted by Crippen LogP contribution is -2.22. The lowest BCUT2D eigenvalue weighted by molar-refractivity contribution is -0.137. The van der Waals surface area contributed by atoms with Gasteiger partial charge >= 0.3 is 5.97 Å². The average Bonchev–Trinajstić information content (AvgIpc) is 3.04. The second-order valence-corrected chi connectivity index (χ2v) is 7.62. The van der Waals surface area contributed by atoms with Gasteiger partial charge in [0.25, 0.3) is 5.78 Å². The van der Waals surface area contributed by atoms with Crippen LogP contribution in [0.1, 0.15) is 63.8 Å². The van der Waals surface area contributed by atoms with Gasteiger partial charge in [-0.25, -0.2) is 4.79 Å². The van der Waals surface area contributed by atoms with Crippen LogP contribution in [0.5, 0.6) is 0 Å². The molecule has 0 atom stereocenters. The van der Waals surface area contributed by atoms with Crippen LogP contribution in [0.2, 0.25) is 0 Å². The second kappa shape index (κ2) is 8.54. The van der Waals surface area contributed by atoms with E-state index in [2.05, 4.69) is 23.5 Å². The highest BCUT2D eigenvalue weighted by Crippen LogP contribution is 2.18. The third kappa shape index (κ3) is 4.40. The molecule has 152 valence electrons. The minimum absolute atomic E-state index is 0.229. The summed E-state index contributed by atoms with van der Waals surface area (Å²) in [4.78, 5) is 37.1. The highest BCUT2D eigenvalue weighted by atomic mass is 16.5. The summed E-state index contributed by atoms with van der Waals surface area (Å²) < 4.78 is 8.65. The van der Waals surface area contributed by atoms with Gasteiger partial charge in [-0.3, -0.25) is 14.3 Å². The van der Waals surface area contributed by atoms with Crippen molar-refractivity contribution in [3.05, 3.63) is 40.0 Å². The van der Waals surface area contributed by atoms with Gasteiger partial charge in [0.2, 0.25) is 5.78 Å². The summed E-state index contributed by atoms with van der Waals surface area (Å²) in [5.41, 5.74) is 3.64. The van der Waals surface area contributed by atoms with Crippen molar-refractivity contribution in [2.45, 2.75) is 54.5 Å². The molecule has 0 aliphatic carbocycles. The van der Waals surface area contributed by atoms with Crippen LogP contribution >= 0.6 is 0 Å². The summed E-state index contributed by atoms with van der Waals surface area (Å²) >= 11 is 0. The largest absolute Gasteiger partial charge is 0.451 e. The molecule has 2 aromatic heterocycles. The molecule has 7 nitrogen and oxygen atoms in total. The van der Waals surface area contributed by atoms with Crippen molar-refractivity contribution in [1.29, 1.82) is 0 Å². The molecule has 0 radical (unpaired) electrons. The number of aromatic nitrogens is 3. The highest BCUT2D eigenvalue weighted by Gasteiger charge is 2.26. The zero-order valence-corrected chi connectivity index (χ0v) is 17.8. The predicted octanol–water partition coefficient (Wildman–Crippen LogP) is 3.11. The number of carbonyl (C=O) groups is 3. The van der Waals surface area contributed by atoms with E-state index in [1.807, 2.05) is 19.9 Å². The Morgan fingerprint density at radius 3 is 2.29 bits per heavy atom. The molecule has 0 bridgehead atoms. The van der Waals surface area contributed by atoms with E-state index in [1.165, 1.54) is 4.68 Å². The number of esters is 1. The average molecular weight is 387 g/mol. The smallest absolute Gasteiger partial charge is 0.380 e. The molecule has 0 fully saturated rings. The monoisotopic (exact) mass is 387 g/mol. The third-order valence-electron chi connectivity index (χ3n) is 5.06. The number of aryl methyl sites for hydroxylation is 3. The Kier molecular flexibility index (Phi) is 6.59. The van der Waals surface area contributed by atoms with E-state index in [9.17, 15) is 14.4 Å². The summed E-state index contributed by atoms with van der Waals surface area (Å²) in [7, 11) is 1.70. The van der Waals surface area contributed by atoms with Crippen molar-refractivity contribution in [2.75, 3.05) is 6.61 Å². The lowest BCUT2D eigenvalue weighted by atomic mass is 10.1. The molecule has 0 saturated carbocycles. The van der Waals surface area contributed by atoms with Crippen LogP contribution in [0, 0.1) is 33.6 Å². The molecule has 0 aromatic carbocycles. The quantitative estimate of drug-likeness (QED) is 0.395. The standard InChI is InChI=1S/C21H29N3O4/c1-12(2)8-9-24-13(3)10-17(15(24)5)18(25)11-28-21(27)20(26)19-14(4)22-23(7)16(19)6/h10,12H,8-9,11H2,1-7H3. The van der Waals surface area contributed by atoms with E-state index in [0.717, 1.165) is 24.4 Å². The molecule has 0 unspecified atom stereocenters. The van der Waals surface area contributed by atoms with Crippen molar-refractivity contribution in [3.63, 3.8) is 0 Å². The van der Waals surface area contributed by atoms with Gasteiger partial charge in [0.15, 0.2) is 6.61 Å². The lowest BCUT2D eigenvalue weighted by Gasteiger charge is -2.11. The first-order valence-corrected chi connectivity index (χ1v) is 9.46. The number of hydrogen-bond donors (Lipinski definition) is 0. The van der Waals surface area contributed by atoms with E-state index in [-0.39, 0.29) is 11.3 Å². The number of rotatable bonds is 8. The molecule has 0 amide bonds. The molecule has 7 heteroatoms. The fourth-order valence-electron chi connectivity index (χ4n) is 3.29. The summed E-state index contributed by atoms with van der Waals surface area (Å²) in [6, 6.07) is 1.81. The summed E-state index contributed by atoms with van der Waals surface area (Å²) in [5, 5.41) is 4.13. The maximum absolute atomic E-state index is 12.6.